The molecule has 0 aromatic heterocycles. The van der Waals surface area contributed by atoms with Crippen LogP contribution in [0.2, 0.25) is 0 Å². The lowest BCUT2D eigenvalue weighted by Crippen LogP contribution is -2.54. The highest BCUT2D eigenvalue weighted by Gasteiger charge is 2.36. The van der Waals surface area contributed by atoms with Gasteiger partial charge in [-0.3, -0.25) is 4.79 Å². The lowest BCUT2D eigenvalue weighted by molar-refractivity contribution is -0.123. The number of nitrogens with one attached hydrogen (secondary N) is 1. The number of alkyl halides is 1. The molecule has 0 atom stereocenters. The van der Waals surface area contributed by atoms with Crippen LogP contribution in [0.25, 0.3) is 0 Å². The van der Waals surface area contributed by atoms with E-state index in [1.807, 2.05) is 6.92 Å². The lowest BCUT2D eigenvalue weighted by atomic mass is 9.78. The number of carbonyl (C=O) groups is 1. The Hall–Kier alpha value is -0.240. The molecule has 1 saturated carbocycles. The van der Waals surface area contributed by atoms with Gasteiger partial charge >= 0.3 is 0 Å². The molecule has 3 heteroatoms. The molecule has 1 fully saturated rings. The zero-order valence-electron chi connectivity index (χ0n) is 6.82. The van der Waals surface area contributed by atoms with Crippen LogP contribution in [0.5, 0.6) is 0 Å². The van der Waals surface area contributed by atoms with Crippen LogP contribution in [0, 0.1) is 0 Å². The van der Waals surface area contributed by atoms with Crippen molar-refractivity contribution in [2.45, 2.75) is 38.1 Å². The first kappa shape index (κ1) is 8.85. The van der Waals surface area contributed by atoms with Crippen molar-refractivity contribution < 1.29 is 4.79 Å². The third-order valence-corrected chi connectivity index (χ3v) is 2.80. The van der Waals surface area contributed by atoms with E-state index in [1.54, 1.807) is 0 Å². The molecule has 0 bridgehead atoms. The summed E-state index contributed by atoms with van der Waals surface area (Å²) in [7, 11) is 0. The number of hydrogen-bond donors (Lipinski definition) is 1. The summed E-state index contributed by atoms with van der Waals surface area (Å²) in [6.07, 6.45) is 3.83. The minimum Gasteiger partial charge on any atom is -0.349 e. The molecule has 0 saturated heterocycles. The SMILES string of the molecule is CCC(=O)NC1(CCl)CCC1. The molecule has 0 spiro atoms. The first-order chi connectivity index (χ1) is 5.22. The number of rotatable bonds is 3. The van der Waals surface area contributed by atoms with Gasteiger partial charge in [0.25, 0.3) is 0 Å². The van der Waals surface area contributed by atoms with Gasteiger partial charge in [0.1, 0.15) is 0 Å². The van der Waals surface area contributed by atoms with Crippen molar-refractivity contribution in [3.8, 4) is 0 Å². The quantitative estimate of drug-likeness (QED) is 0.650. The fourth-order valence-corrected chi connectivity index (χ4v) is 1.61. The monoisotopic (exact) mass is 175 g/mol. The predicted octanol–water partition coefficient (Wildman–Crippen LogP) is 1.67. The molecule has 0 aromatic carbocycles. The molecule has 1 rings (SSSR count). The van der Waals surface area contributed by atoms with Gasteiger partial charge in [-0.25, -0.2) is 0 Å². The molecular weight excluding hydrogens is 162 g/mol. The highest BCUT2D eigenvalue weighted by molar-refractivity contribution is 6.18. The van der Waals surface area contributed by atoms with Crippen LogP contribution in [-0.2, 0) is 4.79 Å². The highest BCUT2D eigenvalue weighted by Crippen LogP contribution is 2.32. The molecule has 1 aliphatic rings. The van der Waals surface area contributed by atoms with Gasteiger partial charge < -0.3 is 5.32 Å². The van der Waals surface area contributed by atoms with Gasteiger partial charge in [0.15, 0.2) is 0 Å². The average molecular weight is 176 g/mol. The van der Waals surface area contributed by atoms with Crippen LogP contribution in [0.1, 0.15) is 32.6 Å². The molecule has 11 heavy (non-hydrogen) atoms. The molecule has 0 aromatic rings. The molecule has 0 heterocycles. The number of halogens is 1. The summed E-state index contributed by atoms with van der Waals surface area (Å²) in [5.74, 6) is 0.670. The highest BCUT2D eigenvalue weighted by atomic mass is 35.5. The Morgan fingerprint density at radius 2 is 2.27 bits per heavy atom. The first-order valence-electron chi connectivity index (χ1n) is 4.09. The standard InChI is InChI=1S/C8H14ClNO/c1-2-7(11)10-8(6-9)4-3-5-8/h2-6H2,1H3,(H,10,11). The van der Waals surface area contributed by atoms with Crippen molar-refractivity contribution in [3.05, 3.63) is 0 Å². The van der Waals surface area contributed by atoms with E-state index in [2.05, 4.69) is 5.32 Å². The van der Waals surface area contributed by atoms with Gasteiger partial charge in [0.05, 0.1) is 5.54 Å². The fourth-order valence-electron chi connectivity index (χ4n) is 1.28. The molecule has 0 unspecified atom stereocenters. The van der Waals surface area contributed by atoms with Gasteiger partial charge in [0.2, 0.25) is 5.91 Å². The molecular formula is C8H14ClNO. The third kappa shape index (κ3) is 1.86. The van der Waals surface area contributed by atoms with Crippen molar-refractivity contribution in [3.63, 3.8) is 0 Å². The largest absolute Gasteiger partial charge is 0.349 e. The molecule has 1 amide bonds. The minimum atomic E-state index is -0.0470. The van der Waals surface area contributed by atoms with E-state index in [0.29, 0.717) is 12.3 Å². The second-order valence-electron chi connectivity index (χ2n) is 3.17. The van der Waals surface area contributed by atoms with Gasteiger partial charge in [-0.1, -0.05) is 6.92 Å². The summed E-state index contributed by atoms with van der Waals surface area (Å²) in [6.45, 7) is 1.86. The number of carbonyl (C=O) groups excluding carboxylic acids is 1. The van der Waals surface area contributed by atoms with Crippen LogP contribution in [-0.4, -0.2) is 17.3 Å². The Bertz CT molecular complexity index is 149. The van der Waals surface area contributed by atoms with E-state index < -0.39 is 0 Å². The maximum Gasteiger partial charge on any atom is 0.220 e. The molecule has 1 aliphatic carbocycles. The van der Waals surface area contributed by atoms with Gasteiger partial charge in [-0.05, 0) is 19.3 Å². The summed E-state index contributed by atoms with van der Waals surface area (Å²) in [4.78, 5) is 11.0. The molecule has 64 valence electrons. The zero-order chi connectivity index (χ0) is 8.32. The fraction of sp³-hybridized carbons (Fsp3) is 0.875. The van der Waals surface area contributed by atoms with Crippen molar-refractivity contribution in [1.82, 2.24) is 5.32 Å². The second kappa shape index (κ2) is 3.44. The lowest BCUT2D eigenvalue weighted by Gasteiger charge is -2.40. The van der Waals surface area contributed by atoms with Crippen LogP contribution >= 0.6 is 11.6 Å². The average Bonchev–Trinajstić information content (AvgIpc) is 1.96. The minimum absolute atomic E-state index is 0.0470. The second-order valence-corrected chi connectivity index (χ2v) is 3.44. The molecule has 1 N–H and O–H groups in total. The van der Waals surface area contributed by atoms with Crippen LogP contribution in [0.3, 0.4) is 0 Å². The Labute approximate surface area is 72.3 Å². The van der Waals surface area contributed by atoms with E-state index >= 15 is 0 Å². The maximum atomic E-state index is 11.0. The smallest absolute Gasteiger partial charge is 0.220 e. The topological polar surface area (TPSA) is 29.1 Å². The molecule has 0 aliphatic heterocycles. The number of amides is 1. The Kier molecular flexibility index (Phi) is 2.77. The van der Waals surface area contributed by atoms with Crippen molar-refractivity contribution in [1.29, 1.82) is 0 Å². The van der Waals surface area contributed by atoms with E-state index in [1.165, 1.54) is 6.42 Å². The van der Waals surface area contributed by atoms with Gasteiger partial charge in [-0.15, -0.1) is 11.6 Å². The maximum absolute atomic E-state index is 11.0. The van der Waals surface area contributed by atoms with Gasteiger partial charge in [0, 0.05) is 12.3 Å². The van der Waals surface area contributed by atoms with Gasteiger partial charge in [-0.2, -0.15) is 0 Å². The van der Waals surface area contributed by atoms with Crippen LogP contribution in [0.4, 0.5) is 0 Å². The molecule has 0 radical (unpaired) electrons. The third-order valence-electron chi connectivity index (χ3n) is 2.29. The van der Waals surface area contributed by atoms with Crippen molar-refractivity contribution >= 4 is 17.5 Å². The van der Waals surface area contributed by atoms with E-state index in [4.69, 9.17) is 11.6 Å². The zero-order valence-corrected chi connectivity index (χ0v) is 7.58. The summed E-state index contributed by atoms with van der Waals surface area (Å²) >= 11 is 5.75. The van der Waals surface area contributed by atoms with Crippen LogP contribution < -0.4 is 5.32 Å². The Balaban J connectivity index is 2.38. The summed E-state index contributed by atoms with van der Waals surface area (Å²) < 4.78 is 0. The summed E-state index contributed by atoms with van der Waals surface area (Å²) in [5, 5.41) is 2.96. The summed E-state index contributed by atoms with van der Waals surface area (Å²) in [6, 6.07) is 0. The van der Waals surface area contributed by atoms with Crippen LogP contribution in [0.15, 0.2) is 0 Å². The predicted molar refractivity (Wildman–Crippen MR) is 45.7 cm³/mol. The van der Waals surface area contributed by atoms with E-state index in [-0.39, 0.29) is 11.4 Å². The first-order valence-corrected chi connectivity index (χ1v) is 4.63. The Morgan fingerprint density at radius 3 is 2.55 bits per heavy atom. The van der Waals surface area contributed by atoms with Crippen molar-refractivity contribution in [2.75, 3.05) is 5.88 Å². The van der Waals surface area contributed by atoms with E-state index in [9.17, 15) is 4.79 Å². The molecule has 2 nitrogen and oxygen atoms in total. The van der Waals surface area contributed by atoms with E-state index in [0.717, 1.165) is 12.8 Å². The van der Waals surface area contributed by atoms with Crippen molar-refractivity contribution in [2.24, 2.45) is 0 Å². The number of hydrogen-bond acceptors (Lipinski definition) is 1. The Morgan fingerprint density at radius 1 is 1.64 bits per heavy atom. The normalized spacial score (nSPS) is 20.5. The summed E-state index contributed by atoms with van der Waals surface area (Å²) in [5.41, 5.74) is -0.0470.